The summed E-state index contributed by atoms with van der Waals surface area (Å²) in [6, 6.07) is 7.25. The number of unbranched alkanes of at least 4 members (excludes halogenated alkanes) is 2. The van der Waals surface area contributed by atoms with Crippen molar-refractivity contribution in [3.63, 3.8) is 0 Å². The fraction of sp³-hybridized carbons (Fsp3) is 0.704. The number of benzene rings is 1. The number of nitrogens with zero attached hydrogens (tertiary/aromatic N) is 3. The monoisotopic (exact) mass is 425 g/mol. The van der Waals surface area contributed by atoms with Crippen molar-refractivity contribution in [2.75, 3.05) is 68.8 Å². The SMILES string of the molecule is CCCCCN1CCN(c2ccc(N3CCOCC3)cc2C2=CCC(C)(C)CC2)CC1. The number of ether oxygens (including phenoxy) is 1. The van der Waals surface area contributed by atoms with Crippen molar-refractivity contribution in [2.45, 2.75) is 59.3 Å². The molecular formula is C27H43N3O. The molecule has 3 aliphatic rings. The predicted octanol–water partition coefficient (Wildman–Crippen LogP) is 5.43. The van der Waals surface area contributed by atoms with Crippen molar-refractivity contribution in [3.8, 4) is 0 Å². The van der Waals surface area contributed by atoms with Gasteiger partial charge < -0.3 is 14.5 Å². The third-order valence-corrected chi connectivity index (χ3v) is 7.47. The first-order chi connectivity index (χ1) is 15.1. The standard InChI is InChI=1S/C27H43N3O/c1-4-5-6-13-28-14-16-30(17-15-28)26-8-7-24(29-18-20-31-21-19-29)22-25(26)23-9-11-27(2,3)12-10-23/h7-9,22H,4-6,10-21H2,1-3H3. The molecule has 1 aromatic carbocycles. The summed E-state index contributed by atoms with van der Waals surface area (Å²) in [5, 5.41) is 0. The third kappa shape index (κ3) is 5.84. The molecule has 2 heterocycles. The molecule has 172 valence electrons. The summed E-state index contributed by atoms with van der Waals surface area (Å²) in [4.78, 5) is 7.81. The van der Waals surface area contributed by atoms with E-state index < -0.39 is 0 Å². The second kappa shape index (κ2) is 10.4. The first-order valence-corrected chi connectivity index (χ1v) is 12.7. The van der Waals surface area contributed by atoms with Crippen molar-refractivity contribution in [1.82, 2.24) is 4.90 Å². The van der Waals surface area contributed by atoms with Gasteiger partial charge in [-0.15, -0.1) is 0 Å². The molecule has 0 N–H and O–H groups in total. The molecule has 0 amide bonds. The first-order valence-electron chi connectivity index (χ1n) is 12.7. The van der Waals surface area contributed by atoms with Crippen molar-refractivity contribution in [1.29, 1.82) is 0 Å². The maximum absolute atomic E-state index is 5.59. The van der Waals surface area contributed by atoms with Gasteiger partial charge in [0.1, 0.15) is 0 Å². The summed E-state index contributed by atoms with van der Waals surface area (Å²) in [6.07, 6.45) is 10.2. The van der Waals surface area contributed by atoms with Crippen LogP contribution in [-0.4, -0.2) is 63.9 Å². The van der Waals surface area contributed by atoms with E-state index in [1.54, 1.807) is 5.57 Å². The van der Waals surface area contributed by atoms with Crippen LogP contribution < -0.4 is 9.80 Å². The molecule has 31 heavy (non-hydrogen) atoms. The largest absolute Gasteiger partial charge is 0.378 e. The zero-order valence-electron chi connectivity index (χ0n) is 20.2. The molecule has 0 radical (unpaired) electrons. The highest BCUT2D eigenvalue weighted by molar-refractivity contribution is 5.80. The van der Waals surface area contributed by atoms with Gasteiger partial charge in [-0.25, -0.2) is 0 Å². The first kappa shape index (κ1) is 22.7. The van der Waals surface area contributed by atoms with Crippen LogP contribution in [0.25, 0.3) is 5.57 Å². The molecule has 2 fully saturated rings. The van der Waals surface area contributed by atoms with E-state index in [1.807, 2.05) is 0 Å². The van der Waals surface area contributed by atoms with Crippen molar-refractivity contribution >= 4 is 16.9 Å². The van der Waals surface area contributed by atoms with Crippen LogP contribution >= 0.6 is 0 Å². The topological polar surface area (TPSA) is 19.0 Å². The number of piperazine rings is 1. The Bertz CT molecular complexity index is 743. The molecule has 0 bridgehead atoms. The Labute approximate surface area is 190 Å². The summed E-state index contributed by atoms with van der Waals surface area (Å²) >= 11 is 0. The van der Waals surface area contributed by atoms with E-state index in [1.165, 1.54) is 75.1 Å². The van der Waals surface area contributed by atoms with Crippen molar-refractivity contribution < 1.29 is 4.74 Å². The van der Waals surface area contributed by atoms with Crippen LogP contribution in [0.2, 0.25) is 0 Å². The van der Waals surface area contributed by atoms with Gasteiger partial charge in [0.05, 0.1) is 13.2 Å². The summed E-state index contributed by atoms with van der Waals surface area (Å²) < 4.78 is 5.59. The van der Waals surface area contributed by atoms with E-state index in [-0.39, 0.29) is 0 Å². The number of morpholine rings is 1. The maximum Gasteiger partial charge on any atom is 0.0642 e. The summed E-state index contributed by atoms with van der Waals surface area (Å²) in [5.41, 5.74) is 6.31. The minimum absolute atomic E-state index is 0.440. The van der Waals surface area contributed by atoms with Gasteiger partial charge in [0.15, 0.2) is 0 Å². The Hall–Kier alpha value is -1.52. The summed E-state index contributed by atoms with van der Waals surface area (Å²) in [6.45, 7) is 16.7. The molecule has 4 nitrogen and oxygen atoms in total. The second-order valence-corrected chi connectivity index (χ2v) is 10.4. The highest BCUT2D eigenvalue weighted by Crippen LogP contribution is 2.42. The fourth-order valence-corrected chi connectivity index (χ4v) is 5.19. The van der Waals surface area contributed by atoms with Crippen LogP contribution in [0, 0.1) is 5.41 Å². The molecule has 0 saturated carbocycles. The Kier molecular flexibility index (Phi) is 7.60. The van der Waals surface area contributed by atoms with E-state index in [2.05, 4.69) is 59.7 Å². The molecule has 0 atom stereocenters. The molecular weight excluding hydrogens is 382 g/mol. The molecule has 0 spiro atoms. The van der Waals surface area contributed by atoms with Crippen LogP contribution in [0.4, 0.5) is 11.4 Å². The quantitative estimate of drug-likeness (QED) is 0.542. The van der Waals surface area contributed by atoms with Crippen molar-refractivity contribution in [2.24, 2.45) is 5.41 Å². The summed E-state index contributed by atoms with van der Waals surface area (Å²) in [7, 11) is 0. The lowest BCUT2D eigenvalue weighted by Crippen LogP contribution is -2.47. The Balaban J connectivity index is 1.53. The van der Waals surface area contributed by atoms with Gasteiger partial charge in [-0.3, -0.25) is 4.90 Å². The van der Waals surface area contributed by atoms with E-state index in [4.69, 9.17) is 4.74 Å². The predicted molar refractivity (Wildman–Crippen MR) is 133 cm³/mol. The van der Waals surface area contributed by atoms with Crippen LogP contribution in [0.1, 0.15) is 64.9 Å². The molecule has 0 unspecified atom stereocenters. The van der Waals surface area contributed by atoms with Gasteiger partial charge in [0, 0.05) is 56.2 Å². The third-order valence-electron chi connectivity index (χ3n) is 7.47. The zero-order valence-corrected chi connectivity index (χ0v) is 20.2. The van der Waals surface area contributed by atoms with Crippen LogP contribution in [0.3, 0.4) is 0 Å². The lowest BCUT2D eigenvalue weighted by atomic mass is 9.76. The van der Waals surface area contributed by atoms with Gasteiger partial charge in [0.25, 0.3) is 0 Å². The van der Waals surface area contributed by atoms with Gasteiger partial charge >= 0.3 is 0 Å². The number of anilines is 2. The highest BCUT2D eigenvalue weighted by Gasteiger charge is 2.26. The molecule has 2 saturated heterocycles. The lowest BCUT2D eigenvalue weighted by Gasteiger charge is -2.38. The van der Waals surface area contributed by atoms with Crippen LogP contribution in [0.15, 0.2) is 24.3 Å². The molecule has 4 heteroatoms. The Morgan fingerprint density at radius 3 is 2.39 bits per heavy atom. The van der Waals surface area contributed by atoms with Gasteiger partial charge in [0.2, 0.25) is 0 Å². The minimum Gasteiger partial charge on any atom is -0.378 e. The zero-order chi connectivity index (χ0) is 21.7. The van der Waals surface area contributed by atoms with Crippen LogP contribution in [0.5, 0.6) is 0 Å². The van der Waals surface area contributed by atoms with E-state index in [0.29, 0.717) is 5.41 Å². The average Bonchev–Trinajstić information content (AvgIpc) is 2.80. The van der Waals surface area contributed by atoms with E-state index in [9.17, 15) is 0 Å². The van der Waals surface area contributed by atoms with E-state index >= 15 is 0 Å². The smallest absolute Gasteiger partial charge is 0.0642 e. The summed E-state index contributed by atoms with van der Waals surface area (Å²) in [5.74, 6) is 0. The number of hydrogen-bond acceptors (Lipinski definition) is 4. The number of allylic oxidation sites excluding steroid dienone is 2. The Morgan fingerprint density at radius 2 is 1.71 bits per heavy atom. The Morgan fingerprint density at radius 1 is 0.935 bits per heavy atom. The average molecular weight is 426 g/mol. The van der Waals surface area contributed by atoms with Gasteiger partial charge in [-0.05, 0) is 61.4 Å². The molecule has 0 aromatic heterocycles. The highest BCUT2D eigenvalue weighted by atomic mass is 16.5. The van der Waals surface area contributed by atoms with Crippen molar-refractivity contribution in [3.05, 3.63) is 29.8 Å². The van der Waals surface area contributed by atoms with Gasteiger partial charge in [-0.2, -0.15) is 0 Å². The van der Waals surface area contributed by atoms with Gasteiger partial charge in [-0.1, -0.05) is 39.7 Å². The number of hydrogen-bond donors (Lipinski definition) is 0. The normalized spacial score (nSPS) is 22.5. The number of rotatable bonds is 7. The molecule has 1 aromatic rings. The molecule has 2 aliphatic heterocycles. The lowest BCUT2D eigenvalue weighted by molar-refractivity contribution is 0.122. The molecule has 1 aliphatic carbocycles. The van der Waals surface area contributed by atoms with Crippen LogP contribution in [-0.2, 0) is 4.74 Å². The molecule has 4 rings (SSSR count). The fourth-order valence-electron chi connectivity index (χ4n) is 5.19. The second-order valence-electron chi connectivity index (χ2n) is 10.4. The van der Waals surface area contributed by atoms with E-state index in [0.717, 1.165) is 39.4 Å². The maximum atomic E-state index is 5.59. The minimum atomic E-state index is 0.440.